The van der Waals surface area contributed by atoms with Crippen molar-refractivity contribution in [2.75, 3.05) is 0 Å². The average Bonchev–Trinajstić information content (AvgIpc) is 2.81. The number of pyridine rings is 1. The van der Waals surface area contributed by atoms with Crippen LogP contribution in [0.5, 0.6) is 5.75 Å². The molecule has 1 amide bonds. The number of amides is 1. The highest BCUT2D eigenvalue weighted by molar-refractivity contribution is 5.94. The minimum absolute atomic E-state index is 0.0265. The molecule has 5 heteroatoms. The molecule has 1 unspecified atom stereocenters. The molecule has 0 aliphatic heterocycles. The maximum absolute atomic E-state index is 11.8. The van der Waals surface area contributed by atoms with Gasteiger partial charge in [0.25, 0.3) is 5.91 Å². The molecule has 0 bridgehead atoms. The summed E-state index contributed by atoms with van der Waals surface area (Å²) in [5, 5.41) is 12.1. The van der Waals surface area contributed by atoms with Crippen LogP contribution in [0.4, 0.5) is 0 Å². The Balaban J connectivity index is 1.95. The molecule has 0 aromatic carbocycles. The summed E-state index contributed by atoms with van der Waals surface area (Å²) in [4.78, 5) is 15.6. The number of nitrogens with one attached hydrogen (secondary N) is 1. The van der Waals surface area contributed by atoms with Crippen LogP contribution >= 0.6 is 0 Å². The second kappa shape index (κ2) is 5.35. The lowest BCUT2D eigenvalue weighted by Crippen LogP contribution is -2.34. The number of rotatable bonds is 4. The molecule has 0 aliphatic rings. The summed E-state index contributed by atoms with van der Waals surface area (Å²) < 4.78 is 5.21. The summed E-state index contributed by atoms with van der Waals surface area (Å²) >= 11 is 0. The van der Waals surface area contributed by atoms with E-state index >= 15 is 0 Å². The second-order valence-corrected chi connectivity index (χ2v) is 4.09. The molecule has 18 heavy (non-hydrogen) atoms. The van der Waals surface area contributed by atoms with E-state index in [-0.39, 0.29) is 17.7 Å². The molecule has 0 saturated carbocycles. The minimum atomic E-state index is -0.266. The monoisotopic (exact) mass is 246 g/mol. The van der Waals surface area contributed by atoms with Gasteiger partial charge in [-0.1, -0.05) is 0 Å². The number of hydrogen-bond acceptors (Lipinski definition) is 4. The normalized spacial score (nSPS) is 12.1. The standard InChI is InChI=1S/C13H14N2O3/c1-9(5-12-3-2-4-18-12)15-13(17)10-6-11(16)8-14-7-10/h2-4,6-9,16H,5H2,1H3,(H,15,17). The van der Waals surface area contributed by atoms with Gasteiger partial charge in [0.1, 0.15) is 11.5 Å². The Kier molecular flexibility index (Phi) is 3.62. The van der Waals surface area contributed by atoms with Crippen molar-refractivity contribution < 1.29 is 14.3 Å². The van der Waals surface area contributed by atoms with Gasteiger partial charge in [-0.05, 0) is 25.1 Å². The van der Waals surface area contributed by atoms with Gasteiger partial charge in [0.05, 0.1) is 18.0 Å². The van der Waals surface area contributed by atoms with Crippen molar-refractivity contribution in [3.8, 4) is 5.75 Å². The first-order valence-corrected chi connectivity index (χ1v) is 5.62. The smallest absolute Gasteiger partial charge is 0.253 e. The van der Waals surface area contributed by atoms with Crippen LogP contribution in [-0.4, -0.2) is 22.0 Å². The number of furan rings is 1. The van der Waals surface area contributed by atoms with E-state index in [2.05, 4.69) is 10.3 Å². The van der Waals surface area contributed by atoms with Crippen LogP contribution in [0.1, 0.15) is 23.0 Å². The van der Waals surface area contributed by atoms with Crippen molar-refractivity contribution in [2.24, 2.45) is 0 Å². The van der Waals surface area contributed by atoms with E-state index in [1.165, 1.54) is 18.5 Å². The molecular weight excluding hydrogens is 232 g/mol. The van der Waals surface area contributed by atoms with Crippen LogP contribution in [0.15, 0.2) is 41.3 Å². The number of aromatic nitrogens is 1. The van der Waals surface area contributed by atoms with E-state index in [1.54, 1.807) is 6.26 Å². The lowest BCUT2D eigenvalue weighted by molar-refractivity contribution is 0.0938. The lowest BCUT2D eigenvalue weighted by atomic mass is 10.2. The van der Waals surface area contributed by atoms with E-state index in [1.807, 2.05) is 19.1 Å². The molecule has 0 spiro atoms. The zero-order valence-corrected chi connectivity index (χ0v) is 9.96. The third-order valence-corrected chi connectivity index (χ3v) is 2.45. The largest absolute Gasteiger partial charge is 0.506 e. The highest BCUT2D eigenvalue weighted by Gasteiger charge is 2.12. The molecule has 0 fully saturated rings. The quantitative estimate of drug-likeness (QED) is 0.861. The number of hydrogen-bond donors (Lipinski definition) is 2. The Morgan fingerprint density at radius 3 is 3.06 bits per heavy atom. The van der Waals surface area contributed by atoms with Gasteiger partial charge in [0.2, 0.25) is 0 Å². The Morgan fingerprint density at radius 1 is 1.56 bits per heavy atom. The van der Waals surface area contributed by atoms with E-state index in [9.17, 15) is 9.90 Å². The van der Waals surface area contributed by atoms with Crippen molar-refractivity contribution in [1.29, 1.82) is 0 Å². The van der Waals surface area contributed by atoms with E-state index in [4.69, 9.17) is 4.42 Å². The summed E-state index contributed by atoms with van der Waals surface area (Å²) in [6.45, 7) is 1.89. The zero-order chi connectivity index (χ0) is 13.0. The summed E-state index contributed by atoms with van der Waals surface area (Å²) in [7, 11) is 0. The Morgan fingerprint density at radius 2 is 2.39 bits per heavy atom. The Bertz CT molecular complexity index is 523. The Hall–Kier alpha value is -2.30. The Labute approximate surface area is 104 Å². The first kappa shape index (κ1) is 12.2. The van der Waals surface area contributed by atoms with Crippen LogP contribution in [0.3, 0.4) is 0 Å². The van der Waals surface area contributed by atoms with Crippen molar-refractivity contribution in [3.05, 3.63) is 48.2 Å². The number of aromatic hydroxyl groups is 1. The molecule has 0 saturated heterocycles. The molecule has 2 N–H and O–H groups in total. The van der Waals surface area contributed by atoms with Crippen molar-refractivity contribution in [2.45, 2.75) is 19.4 Å². The highest BCUT2D eigenvalue weighted by Crippen LogP contribution is 2.09. The van der Waals surface area contributed by atoms with Gasteiger partial charge in [-0.3, -0.25) is 9.78 Å². The SMILES string of the molecule is CC(Cc1ccco1)NC(=O)c1cncc(O)c1. The van der Waals surface area contributed by atoms with Gasteiger partial charge < -0.3 is 14.8 Å². The summed E-state index contributed by atoms with van der Waals surface area (Å²) in [5.74, 6) is 0.524. The van der Waals surface area contributed by atoms with Crippen molar-refractivity contribution >= 4 is 5.91 Å². The molecule has 0 radical (unpaired) electrons. The maximum atomic E-state index is 11.8. The fourth-order valence-corrected chi connectivity index (χ4v) is 1.64. The molecule has 1 atom stereocenters. The topological polar surface area (TPSA) is 75.4 Å². The molecule has 5 nitrogen and oxygen atoms in total. The van der Waals surface area contributed by atoms with Crippen LogP contribution in [-0.2, 0) is 6.42 Å². The maximum Gasteiger partial charge on any atom is 0.253 e. The second-order valence-electron chi connectivity index (χ2n) is 4.09. The average molecular weight is 246 g/mol. The van der Waals surface area contributed by atoms with Crippen LogP contribution < -0.4 is 5.32 Å². The summed E-state index contributed by atoms with van der Waals surface area (Å²) in [6.07, 6.45) is 4.91. The third kappa shape index (κ3) is 3.10. The van der Waals surface area contributed by atoms with Crippen molar-refractivity contribution in [3.63, 3.8) is 0 Å². The third-order valence-electron chi connectivity index (χ3n) is 2.45. The fraction of sp³-hybridized carbons (Fsp3) is 0.231. The zero-order valence-electron chi connectivity index (χ0n) is 9.96. The van der Waals surface area contributed by atoms with Crippen LogP contribution in [0.25, 0.3) is 0 Å². The predicted molar refractivity (Wildman–Crippen MR) is 65.2 cm³/mol. The van der Waals surface area contributed by atoms with E-state index < -0.39 is 0 Å². The molecule has 2 rings (SSSR count). The number of carbonyl (C=O) groups excluding carboxylic acids is 1. The fourth-order valence-electron chi connectivity index (χ4n) is 1.64. The van der Waals surface area contributed by atoms with Gasteiger partial charge in [-0.2, -0.15) is 0 Å². The van der Waals surface area contributed by atoms with Gasteiger partial charge in [0.15, 0.2) is 0 Å². The van der Waals surface area contributed by atoms with Gasteiger partial charge in [0, 0.05) is 18.7 Å². The molecule has 0 aliphatic carbocycles. The first-order valence-electron chi connectivity index (χ1n) is 5.62. The summed E-state index contributed by atoms with van der Waals surface area (Å²) in [6, 6.07) is 4.98. The van der Waals surface area contributed by atoms with E-state index in [0.29, 0.717) is 12.0 Å². The first-order chi connectivity index (χ1) is 8.65. The van der Waals surface area contributed by atoms with Crippen molar-refractivity contribution in [1.82, 2.24) is 10.3 Å². The molecule has 2 aromatic rings. The van der Waals surface area contributed by atoms with Gasteiger partial charge in [-0.15, -0.1) is 0 Å². The molecule has 2 heterocycles. The van der Waals surface area contributed by atoms with Crippen LogP contribution in [0.2, 0.25) is 0 Å². The minimum Gasteiger partial charge on any atom is -0.506 e. The van der Waals surface area contributed by atoms with E-state index in [0.717, 1.165) is 5.76 Å². The lowest BCUT2D eigenvalue weighted by Gasteiger charge is -2.12. The highest BCUT2D eigenvalue weighted by atomic mass is 16.3. The van der Waals surface area contributed by atoms with Crippen LogP contribution in [0, 0.1) is 0 Å². The number of carbonyl (C=O) groups is 1. The van der Waals surface area contributed by atoms with Gasteiger partial charge >= 0.3 is 0 Å². The molecule has 2 aromatic heterocycles. The number of nitrogens with zero attached hydrogens (tertiary/aromatic N) is 1. The molecular formula is C13H14N2O3. The summed E-state index contributed by atoms with van der Waals surface area (Å²) in [5.41, 5.74) is 0.335. The van der Waals surface area contributed by atoms with Gasteiger partial charge in [-0.25, -0.2) is 0 Å². The molecule has 94 valence electrons. The predicted octanol–water partition coefficient (Wildman–Crippen LogP) is 1.74.